The van der Waals surface area contributed by atoms with E-state index in [2.05, 4.69) is 29.2 Å². The van der Waals surface area contributed by atoms with Gasteiger partial charge in [-0.05, 0) is 53.9 Å². The van der Waals surface area contributed by atoms with Crippen LogP contribution in [-0.2, 0) is 19.5 Å². The third-order valence-electron chi connectivity index (χ3n) is 6.12. The molecule has 1 aliphatic heterocycles. The summed E-state index contributed by atoms with van der Waals surface area (Å²) in [5.41, 5.74) is 5.31. The molecule has 3 aromatic rings. The second-order valence-corrected chi connectivity index (χ2v) is 8.12. The molecule has 0 saturated heterocycles. The normalized spacial score (nSPS) is 12.8. The van der Waals surface area contributed by atoms with Crippen LogP contribution in [0.4, 0.5) is 5.69 Å². The van der Waals surface area contributed by atoms with Crippen LogP contribution in [0.5, 0.6) is 11.5 Å². The first-order chi connectivity index (χ1) is 16.1. The van der Waals surface area contributed by atoms with Crippen molar-refractivity contribution in [2.75, 3.05) is 38.8 Å². The Morgan fingerprint density at radius 1 is 1.00 bits per heavy atom. The summed E-state index contributed by atoms with van der Waals surface area (Å²) in [5, 5.41) is 9.56. The molecule has 0 unspecified atom stereocenters. The first-order valence-corrected chi connectivity index (χ1v) is 11.2. The summed E-state index contributed by atoms with van der Waals surface area (Å²) in [6, 6.07) is 21.8. The third-order valence-corrected chi connectivity index (χ3v) is 6.12. The number of ether oxygens (including phenoxy) is 2. The van der Waals surface area contributed by atoms with Crippen molar-refractivity contribution >= 4 is 11.6 Å². The Kier molecular flexibility index (Phi) is 7.15. The van der Waals surface area contributed by atoms with E-state index < -0.39 is 0 Å². The van der Waals surface area contributed by atoms with E-state index in [4.69, 9.17) is 9.47 Å². The molecule has 1 aliphatic rings. The van der Waals surface area contributed by atoms with Gasteiger partial charge in [-0.1, -0.05) is 24.3 Å². The first kappa shape index (κ1) is 22.7. The topological polar surface area (TPSA) is 62.2 Å². The van der Waals surface area contributed by atoms with Crippen molar-refractivity contribution in [1.82, 2.24) is 4.90 Å². The quantitative estimate of drug-likeness (QED) is 0.569. The van der Waals surface area contributed by atoms with E-state index in [1.165, 1.54) is 11.1 Å². The molecule has 0 spiro atoms. The predicted molar refractivity (Wildman–Crippen MR) is 129 cm³/mol. The number of hydrogen-bond donors (Lipinski definition) is 1. The Bertz CT molecular complexity index is 1100. The SMILES string of the molecule is COc1ccc(CN(CCO)C(=O)c2ccc(N3CCc4ccccc4C3)cc2)c(OC)c1. The van der Waals surface area contributed by atoms with Gasteiger partial charge in [0, 0.05) is 49.1 Å². The Morgan fingerprint density at radius 2 is 1.76 bits per heavy atom. The highest BCUT2D eigenvalue weighted by atomic mass is 16.5. The maximum Gasteiger partial charge on any atom is 0.254 e. The monoisotopic (exact) mass is 446 g/mol. The largest absolute Gasteiger partial charge is 0.497 e. The summed E-state index contributed by atoms with van der Waals surface area (Å²) in [6.45, 7) is 2.28. The molecule has 6 heteroatoms. The minimum absolute atomic E-state index is 0.116. The van der Waals surface area contributed by atoms with E-state index in [9.17, 15) is 9.90 Å². The molecule has 0 radical (unpaired) electrons. The molecule has 33 heavy (non-hydrogen) atoms. The second-order valence-electron chi connectivity index (χ2n) is 8.12. The van der Waals surface area contributed by atoms with Gasteiger partial charge >= 0.3 is 0 Å². The summed E-state index contributed by atoms with van der Waals surface area (Å²) in [7, 11) is 3.19. The molecule has 1 N–H and O–H groups in total. The van der Waals surface area contributed by atoms with E-state index in [0.717, 1.165) is 30.8 Å². The van der Waals surface area contributed by atoms with E-state index in [1.807, 2.05) is 36.4 Å². The fourth-order valence-corrected chi connectivity index (χ4v) is 4.27. The second kappa shape index (κ2) is 10.4. The Hall–Kier alpha value is -3.51. The highest BCUT2D eigenvalue weighted by Crippen LogP contribution is 2.27. The van der Waals surface area contributed by atoms with Crippen molar-refractivity contribution in [3.63, 3.8) is 0 Å². The minimum Gasteiger partial charge on any atom is -0.497 e. The standard InChI is InChI=1S/C27H30N2O4/c1-32-25-12-9-23(26(17-25)33-2)19-29(15-16-30)27(31)21-7-10-24(11-8-21)28-14-13-20-5-3-4-6-22(20)18-28/h3-12,17,30H,13-16,18-19H2,1-2H3. The molecule has 172 valence electrons. The number of carbonyl (C=O) groups is 1. The van der Waals surface area contributed by atoms with Crippen LogP contribution >= 0.6 is 0 Å². The average molecular weight is 447 g/mol. The van der Waals surface area contributed by atoms with Gasteiger partial charge < -0.3 is 24.4 Å². The molecule has 1 amide bonds. The summed E-state index contributed by atoms with van der Waals surface area (Å²) in [6.07, 6.45) is 1.02. The molecule has 6 nitrogen and oxygen atoms in total. The van der Waals surface area contributed by atoms with Gasteiger partial charge in [-0.15, -0.1) is 0 Å². The van der Waals surface area contributed by atoms with Crippen LogP contribution in [0, 0.1) is 0 Å². The number of rotatable bonds is 8. The van der Waals surface area contributed by atoms with Gasteiger partial charge in [-0.3, -0.25) is 4.79 Å². The number of carbonyl (C=O) groups excluding carboxylic acids is 1. The van der Waals surface area contributed by atoms with Gasteiger partial charge in [0.25, 0.3) is 5.91 Å². The van der Waals surface area contributed by atoms with Crippen molar-refractivity contribution in [3.05, 3.63) is 89.0 Å². The number of anilines is 1. The molecule has 0 fully saturated rings. The zero-order chi connectivity index (χ0) is 23.2. The van der Waals surface area contributed by atoms with Gasteiger partial charge in [0.1, 0.15) is 11.5 Å². The van der Waals surface area contributed by atoms with E-state index in [-0.39, 0.29) is 19.1 Å². The zero-order valence-electron chi connectivity index (χ0n) is 19.2. The van der Waals surface area contributed by atoms with Crippen LogP contribution in [0.25, 0.3) is 0 Å². The number of hydrogen-bond acceptors (Lipinski definition) is 5. The molecule has 0 atom stereocenters. The van der Waals surface area contributed by atoms with Crippen molar-refractivity contribution in [2.45, 2.75) is 19.5 Å². The van der Waals surface area contributed by atoms with Gasteiger partial charge in [-0.2, -0.15) is 0 Å². The van der Waals surface area contributed by atoms with E-state index >= 15 is 0 Å². The fraction of sp³-hybridized carbons (Fsp3) is 0.296. The molecule has 0 bridgehead atoms. The molecule has 3 aromatic carbocycles. The lowest BCUT2D eigenvalue weighted by atomic mass is 9.99. The maximum atomic E-state index is 13.2. The maximum absolute atomic E-state index is 13.2. The highest BCUT2D eigenvalue weighted by Gasteiger charge is 2.20. The summed E-state index contributed by atoms with van der Waals surface area (Å²) in [5.74, 6) is 1.20. The molecule has 1 heterocycles. The fourth-order valence-electron chi connectivity index (χ4n) is 4.27. The van der Waals surface area contributed by atoms with Crippen molar-refractivity contribution in [3.8, 4) is 11.5 Å². The first-order valence-electron chi connectivity index (χ1n) is 11.2. The Labute approximate surface area is 195 Å². The Balaban J connectivity index is 1.49. The van der Waals surface area contributed by atoms with Gasteiger partial charge in [0.2, 0.25) is 0 Å². The van der Waals surface area contributed by atoms with Crippen molar-refractivity contribution in [1.29, 1.82) is 0 Å². The average Bonchev–Trinajstić information content (AvgIpc) is 2.88. The van der Waals surface area contributed by atoms with Crippen LogP contribution in [0.1, 0.15) is 27.0 Å². The van der Waals surface area contributed by atoms with Crippen LogP contribution < -0.4 is 14.4 Å². The summed E-state index contributed by atoms with van der Waals surface area (Å²) < 4.78 is 10.7. The smallest absolute Gasteiger partial charge is 0.254 e. The van der Waals surface area contributed by atoms with E-state index in [0.29, 0.717) is 23.6 Å². The van der Waals surface area contributed by atoms with Gasteiger partial charge in [-0.25, -0.2) is 0 Å². The highest BCUT2D eigenvalue weighted by molar-refractivity contribution is 5.94. The number of methoxy groups -OCH3 is 2. The summed E-state index contributed by atoms with van der Waals surface area (Å²) >= 11 is 0. The molecule has 0 aromatic heterocycles. The molecule has 0 aliphatic carbocycles. The van der Waals surface area contributed by atoms with Crippen LogP contribution in [-0.4, -0.2) is 49.8 Å². The molecular weight excluding hydrogens is 416 g/mol. The van der Waals surface area contributed by atoms with Gasteiger partial charge in [0.15, 0.2) is 0 Å². The number of nitrogens with zero attached hydrogens (tertiary/aromatic N) is 2. The lowest BCUT2D eigenvalue weighted by molar-refractivity contribution is 0.0706. The predicted octanol–water partition coefficient (Wildman–Crippen LogP) is 3.90. The van der Waals surface area contributed by atoms with E-state index in [1.54, 1.807) is 25.2 Å². The third kappa shape index (κ3) is 5.12. The number of aliphatic hydroxyl groups excluding tert-OH is 1. The molecule has 4 rings (SSSR count). The Morgan fingerprint density at radius 3 is 2.45 bits per heavy atom. The summed E-state index contributed by atoms with van der Waals surface area (Å²) in [4.78, 5) is 17.2. The van der Waals surface area contributed by atoms with Crippen LogP contribution in [0.15, 0.2) is 66.7 Å². The van der Waals surface area contributed by atoms with Gasteiger partial charge in [0.05, 0.1) is 20.8 Å². The molecule has 0 saturated carbocycles. The number of fused-ring (bicyclic) bond motifs is 1. The van der Waals surface area contributed by atoms with Crippen molar-refractivity contribution < 1.29 is 19.4 Å². The van der Waals surface area contributed by atoms with Crippen LogP contribution in [0.2, 0.25) is 0 Å². The minimum atomic E-state index is -0.127. The van der Waals surface area contributed by atoms with Crippen LogP contribution in [0.3, 0.4) is 0 Å². The molecular formula is C27H30N2O4. The number of amides is 1. The lowest BCUT2D eigenvalue weighted by Crippen LogP contribution is -2.33. The number of benzene rings is 3. The lowest BCUT2D eigenvalue weighted by Gasteiger charge is -2.31. The van der Waals surface area contributed by atoms with Crippen molar-refractivity contribution in [2.24, 2.45) is 0 Å². The zero-order valence-corrected chi connectivity index (χ0v) is 19.2. The number of aliphatic hydroxyl groups is 1.